The summed E-state index contributed by atoms with van der Waals surface area (Å²) < 4.78 is 16.6. The number of benzene rings is 1. The van der Waals surface area contributed by atoms with Crippen LogP contribution in [0.1, 0.15) is 12.0 Å². The first kappa shape index (κ1) is 15.1. The molecule has 0 aromatic heterocycles. The van der Waals surface area contributed by atoms with E-state index in [-0.39, 0.29) is 0 Å². The van der Waals surface area contributed by atoms with Crippen molar-refractivity contribution in [2.24, 2.45) is 0 Å². The first-order valence-electron chi connectivity index (χ1n) is 6.15. The third-order valence-corrected chi connectivity index (χ3v) is 5.47. The van der Waals surface area contributed by atoms with Gasteiger partial charge in [0.25, 0.3) is 0 Å². The summed E-state index contributed by atoms with van der Waals surface area (Å²) >= 11 is 0. The molecule has 100 valence electrons. The van der Waals surface area contributed by atoms with Crippen LogP contribution in [0.3, 0.4) is 0 Å². The van der Waals surface area contributed by atoms with Gasteiger partial charge in [0.1, 0.15) is 0 Å². The first-order chi connectivity index (χ1) is 8.76. The molecule has 0 aliphatic carbocycles. The van der Waals surface area contributed by atoms with Crippen molar-refractivity contribution in [1.29, 1.82) is 0 Å². The van der Waals surface area contributed by atoms with Gasteiger partial charge in [0.05, 0.1) is 0 Å². The molecule has 0 saturated heterocycles. The van der Waals surface area contributed by atoms with Gasteiger partial charge in [0.15, 0.2) is 0 Å². The zero-order valence-electron chi connectivity index (χ0n) is 11.2. The van der Waals surface area contributed by atoms with Crippen LogP contribution in [0.15, 0.2) is 43.0 Å². The molecule has 4 heteroatoms. The lowest BCUT2D eigenvalue weighted by Crippen LogP contribution is -2.43. The second-order valence-corrected chi connectivity index (χ2v) is 6.90. The lowest BCUT2D eigenvalue weighted by atomic mass is 10.1. The Morgan fingerprint density at radius 2 is 1.83 bits per heavy atom. The maximum absolute atomic E-state index is 5.81. The largest absolute Gasteiger partial charge is 0.504 e. The highest BCUT2D eigenvalue weighted by atomic mass is 28.4. The predicted molar refractivity (Wildman–Crippen MR) is 75.5 cm³/mol. The normalized spacial score (nSPS) is 11.4. The quantitative estimate of drug-likeness (QED) is 0.390. The van der Waals surface area contributed by atoms with Gasteiger partial charge in [-0.05, 0) is 18.4 Å². The number of allylic oxidation sites excluding steroid dienone is 1. The molecule has 0 spiro atoms. The summed E-state index contributed by atoms with van der Waals surface area (Å²) in [5, 5.41) is 0. The third-order valence-electron chi connectivity index (χ3n) is 2.79. The zero-order chi connectivity index (χ0) is 13.3. The molecular weight excluding hydrogens is 244 g/mol. The molecule has 0 fully saturated rings. The second kappa shape index (κ2) is 8.21. The maximum atomic E-state index is 5.81. The van der Waals surface area contributed by atoms with E-state index in [4.69, 9.17) is 13.3 Å². The van der Waals surface area contributed by atoms with E-state index in [9.17, 15) is 0 Å². The SMILES string of the molecule is C=CC[Si](OC)(OC)OCCCc1ccccc1. The molecule has 0 unspecified atom stereocenters. The summed E-state index contributed by atoms with van der Waals surface area (Å²) in [5.41, 5.74) is 1.33. The van der Waals surface area contributed by atoms with E-state index < -0.39 is 8.80 Å². The monoisotopic (exact) mass is 266 g/mol. The molecule has 0 radical (unpaired) electrons. The van der Waals surface area contributed by atoms with Crippen molar-refractivity contribution in [3.8, 4) is 0 Å². The first-order valence-corrected chi connectivity index (χ1v) is 8.08. The number of aryl methyl sites for hydroxylation is 1. The number of rotatable bonds is 9. The Morgan fingerprint density at radius 1 is 1.17 bits per heavy atom. The van der Waals surface area contributed by atoms with Gasteiger partial charge < -0.3 is 13.3 Å². The van der Waals surface area contributed by atoms with E-state index in [0.717, 1.165) is 12.8 Å². The lowest BCUT2D eigenvalue weighted by molar-refractivity contribution is 0.100. The molecule has 18 heavy (non-hydrogen) atoms. The fourth-order valence-electron chi connectivity index (χ4n) is 1.75. The molecule has 1 rings (SSSR count). The van der Waals surface area contributed by atoms with Crippen LogP contribution >= 0.6 is 0 Å². The predicted octanol–water partition coefficient (Wildman–Crippen LogP) is 3.05. The molecule has 1 aromatic carbocycles. The maximum Gasteiger partial charge on any atom is 0.504 e. The Balaban J connectivity index is 2.33. The minimum absolute atomic E-state index is 0.644. The van der Waals surface area contributed by atoms with E-state index >= 15 is 0 Å². The zero-order valence-corrected chi connectivity index (χ0v) is 12.2. The molecule has 0 atom stereocenters. The highest BCUT2D eigenvalue weighted by Crippen LogP contribution is 2.15. The number of hydrogen-bond donors (Lipinski definition) is 0. The minimum atomic E-state index is -2.50. The fraction of sp³-hybridized carbons (Fsp3) is 0.429. The van der Waals surface area contributed by atoms with Gasteiger partial charge in [-0.25, -0.2) is 0 Å². The fourth-order valence-corrected chi connectivity index (χ4v) is 3.41. The van der Waals surface area contributed by atoms with Crippen molar-refractivity contribution < 1.29 is 13.3 Å². The third kappa shape index (κ3) is 4.74. The van der Waals surface area contributed by atoms with Crippen LogP contribution in [0.5, 0.6) is 0 Å². The van der Waals surface area contributed by atoms with Crippen LogP contribution in [-0.4, -0.2) is 29.6 Å². The van der Waals surface area contributed by atoms with E-state index in [2.05, 4.69) is 30.8 Å². The van der Waals surface area contributed by atoms with E-state index in [0.29, 0.717) is 12.7 Å². The van der Waals surface area contributed by atoms with Crippen molar-refractivity contribution in [2.45, 2.75) is 18.9 Å². The highest BCUT2D eigenvalue weighted by Gasteiger charge is 2.37. The molecular formula is C14H22O3Si. The summed E-state index contributed by atoms with van der Waals surface area (Å²) in [7, 11) is 0.771. The van der Waals surface area contributed by atoms with Crippen molar-refractivity contribution >= 4 is 8.80 Å². The summed E-state index contributed by atoms with van der Waals surface area (Å²) in [4.78, 5) is 0. The summed E-state index contributed by atoms with van der Waals surface area (Å²) in [5.74, 6) is 0. The highest BCUT2D eigenvalue weighted by molar-refractivity contribution is 6.61. The van der Waals surface area contributed by atoms with Gasteiger partial charge in [-0.3, -0.25) is 0 Å². The lowest BCUT2D eigenvalue weighted by Gasteiger charge is -2.25. The van der Waals surface area contributed by atoms with Gasteiger partial charge in [-0.2, -0.15) is 0 Å². The van der Waals surface area contributed by atoms with Crippen LogP contribution < -0.4 is 0 Å². The standard InChI is InChI=1S/C14H22O3Si/c1-4-13-18(15-2,16-3)17-12-8-11-14-9-6-5-7-10-14/h4-7,9-10H,1,8,11-13H2,2-3H3. The molecule has 0 amide bonds. The van der Waals surface area contributed by atoms with Gasteiger partial charge >= 0.3 is 8.80 Å². The molecule has 0 heterocycles. The number of hydrogen-bond acceptors (Lipinski definition) is 3. The van der Waals surface area contributed by atoms with Gasteiger partial charge in [0.2, 0.25) is 0 Å². The molecule has 0 N–H and O–H groups in total. The Hall–Kier alpha value is -0.943. The second-order valence-electron chi connectivity index (χ2n) is 4.02. The van der Waals surface area contributed by atoms with Crippen LogP contribution in [0.2, 0.25) is 6.04 Å². The van der Waals surface area contributed by atoms with Crippen LogP contribution in [0.4, 0.5) is 0 Å². The topological polar surface area (TPSA) is 27.7 Å². The van der Waals surface area contributed by atoms with Crippen LogP contribution in [0, 0.1) is 0 Å². The Kier molecular flexibility index (Phi) is 6.89. The minimum Gasteiger partial charge on any atom is -0.377 e. The average Bonchev–Trinajstić information content (AvgIpc) is 2.43. The summed E-state index contributed by atoms with van der Waals surface area (Å²) in [6, 6.07) is 11.0. The van der Waals surface area contributed by atoms with Crippen LogP contribution in [-0.2, 0) is 19.7 Å². The van der Waals surface area contributed by atoms with Crippen molar-refractivity contribution in [1.82, 2.24) is 0 Å². The molecule has 0 bridgehead atoms. The molecule has 0 aliphatic heterocycles. The Morgan fingerprint density at radius 3 is 2.39 bits per heavy atom. The Labute approximate surface area is 111 Å². The van der Waals surface area contributed by atoms with E-state index in [1.165, 1.54) is 5.56 Å². The van der Waals surface area contributed by atoms with Crippen molar-refractivity contribution in [3.63, 3.8) is 0 Å². The Bertz CT molecular complexity index is 336. The molecule has 3 nitrogen and oxygen atoms in total. The van der Waals surface area contributed by atoms with Gasteiger partial charge in [-0.1, -0.05) is 36.4 Å². The van der Waals surface area contributed by atoms with Crippen molar-refractivity contribution in [3.05, 3.63) is 48.6 Å². The van der Waals surface area contributed by atoms with E-state index in [1.54, 1.807) is 20.3 Å². The van der Waals surface area contributed by atoms with Gasteiger partial charge in [0, 0.05) is 26.9 Å². The molecule has 0 saturated carbocycles. The smallest absolute Gasteiger partial charge is 0.377 e. The summed E-state index contributed by atoms with van der Waals surface area (Å²) in [6.45, 7) is 4.36. The summed E-state index contributed by atoms with van der Waals surface area (Å²) in [6.07, 6.45) is 3.76. The van der Waals surface area contributed by atoms with Crippen LogP contribution in [0.25, 0.3) is 0 Å². The van der Waals surface area contributed by atoms with E-state index in [1.807, 2.05) is 6.07 Å². The molecule has 0 aliphatic rings. The van der Waals surface area contributed by atoms with Gasteiger partial charge in [-0.15, -0.1) is 6.58 Å². The average molecular weight is 266 g/mol. The molecule has 1 aromatic rings. The van der Waals surface area contributed by atoms with Crippen molar-refractivity contribution in [2.75, 3.05) is 20.8 Å².